The summed E-state index contributed by atoms with van der Waals surface area (Å²) < 4.78 is 34.7. The average Bonchev–Trinajstić information content (AvgIpc) is 3.23. The van der Waals surface area contributed by atoms with Gasteiger partial charge in [0.1, 0.15) is 36.9 Å². The Hall–Kier alpha value is -6.63. The number of nitrogens with zero attached hydrogens (tertiary/aromatic N) is 3. The lowest BCUT2D eigenvalue weighted by molar-refractivity contribution is 0.0605. The maximum Gasteiger partial charge on any atom is 0.407 e. The fraction of sp³-hybridized carbons (Fsp3) is 0.311. The summed E-state index contributed by atoms with van der Waals surface area (Å²) >= 11 is 0. The normalized spacial score (nSPS) is 11.7. The number of carbonyl (C=O) groups is 2. The van der Waals surface area contributed by atoms with Gasteiger partial charge >= 0.3 is 12.2 Å². The molecule has 0 saturated carbocycles. The van der Waals surface area contributed by atoms with E-state index in [1.54, 1.807) is 32.4 Å². The Kier molecular flexibility index (Phi) is 15.8. The van der Waals surface area contributed by atoms with Crippen molar-refractivity contribution >= 4 is 23.6 Å². The van der Waals surface area contributed by atoms with Crippen LogP contribution in [-0.2, 0) is 35.4 Å². The Labute approximate surface area is 340 Å². The van der Waals surface area contributed by atoms with Crippen molar-refractivity contribution in [2.45, 2.75) is 38.1 Å². The second kappa shape index (κ2) is 21.6. The number of amides is 2. The fourth-order valence-corrected chi connectivity index (χ4v) is 5.87. The van der Waals surface area contributed by atoms with Crippen molar-refractivity contribution in [1.29, 1.82) is 0 Å². The fourth-order valence-electron chi connectivity index (χ4n) is 5.87. The van der Waals surface area contributed by atoms with Crippen LogP contribution in [-0.4, -0.2) is 85.0 Å². The lowest BCUT2D eigenvalue weighted by Crippen LogP contribution is -2.33. The van der Waals surface area contributed by atoms with Crippen LogP contribution in [0.15, 0.2) is 115 Å². The summed E-state index contributed by atoms with van der Waals surface area (Å²) in [4.78, 5) is 34.6. The number of carbonyl (C=O) groups excluding carboxylic acids is 2. The number of ether oxygens (including phenoxy) is 6. The molecule has 2 atom stereocenters. The smallest absolute Gasteiger partial charge is 0.407 e. The zero-order chi connectivity index (χ0) is 41.3. The van der Waals surface area contributed by atoms with Crippen molar-refractivity contribution in [2.24, 2.45) is 0 Å². The van der Waals surface area contributed by atoms with Crippen LogP contribution in [0.4, 0.5) is 21.0 Å². The molecular formula is C45H53N5O8. The van der Waals surface area contributed by atoms with Gasteiger partial charge in [-0.15, -0.1) is 0 Å². The minimum atomic E-state index is -0.667. The van der Waals surface area contributed by atoms with Crippen molar-refractivity contribution in [3.8, 4) is 23.3 Å². The van der Waals surface area contributed by atoms with E-state index in [0.29, 0.717) is 37.4 Å². The number of benzene rings is 4. The van der Waals surface area contributed by atoms with Crippen molar-refractivity contribution in [2.75, 3.05) is 65.4 Å². The maximum absolute atomic E-state index is 13.0. The van der Waals surface area contributed by atoms with E-state index in [4.69, 9.17) is 28.4 Å². The van der Waals surface area contributed by atoms with Crippen LogP contribution >= 0.6 is 0 Å². The Bertz CT molecular complexity index is 1900. The average molecular weight is 792 g/mol. The van der Waals surface area contributed by atoms with Gasteiger partial charge in [-0.25, -0.2) is 9.59 Å². The Morgan fingerprint density at radius 3 is 1.33 bits per heavy atom. The zero-order valence-electron chi connectivity index (χ0n) is 34.0. The second-order valence-corrected chi connectivity index (χ2v) is 13.9. The molecule has 0 spiro atoms. The van der Waals surface area contributed by atoms with Gasteiger partial charge in [0, 0.05) is 77.6 Å². The summed E-state index contributed by atoms with van der Waals surface area (Å²) in [5, 5.41) is 5.68. The topological polar surface area (TPSA) is 133 Å². The third kappa shape index (κ3) is 13.8. The highest BCUT2D eigenvalue weighted by atomic mass is 16.6. The van der Waals surface area contributed by atoms with E-state index in [-0.39, 0.29) is 25.0 Å². The zero-order valence-corrected chi connectivity index (χ0v) is 34.0. The summed E-state index contributed by atoms with van der Waals surface area (Å²) in [5.74, 6) is 1.91. The first-order valence-corrected chi connectivity index (χ1v) is 19.0. The highest BCUT2D eigenvalue weighted by molar-refractivity contribution is 5.68. The third-order valence-electron chi connectivity index (χ3n) is 9.05. The number of rotatable bonds is 20. The van der Waals surface area contributed by atoms with E-state index in [0.717, 1.165) is 33.6 Å². The highest BCUT2D eigenvalue weighted by Crippen LogP contribution is 2.20. The monoisotopic (exact) mass is 791 g/mol. The predicted octanol–water partition coefficient (Wildman–Crippen LogP) is 7.06. The maximum atomic E-state index is 13.0. The molecule has 1 heterocycles. The van der Waals surface area contributed by atoms with Crippen molar-refractivity contribution in [3.05, 3.63) is 138 Å². The van der Waals surface area contributed by atoms with Crippen LogP contribution in [0.3, 0.4) is 0 Å². The number of hydrogen-bond donors (Lipinski definition) is 2. The molecule has 0 fully saturated rings. The van der Waals surface area contributed by atoms with E-state index < -0.39 is 24.4 Å². The predicted molar refractivity (Wildman–Crippen MR) is 224 cm³/mol. The number of nitrogens with one attached hydrogen (secondary N) is 2. The van der Waals surface area contributed by atoms with Gasteiger partial charge in [-0.3, -0.25) is 0 Å². The molecule has 0 radical (unpaired) electrons. The first-order valence-electron chi connectivity index (χ1n) is 19.0. The second-order valence-electron chi connectivity index (χ2n) is 13.9. The standard InChI is InChI=1S/C45H53N5O8/c1-49(2)36-20-16-32(17-21-36)28-46-44(51)57-40(26-34-10-7-12-38(24-34)53-5)30-55-42-14-9-15-43(48-42)56-31-41(27-35-11-8-13-39(25-35)54-6)58-45(52)47-29-33-18-22-37(23-19-33)50(3)4/h7-25,40-41H,26-31H2,1-6H3,(H,46,51)(H,47,52). The molecule has 2 amide bonds. The largest absolute Gasteiger partial charge is 0.497 e. The van der Waals surface area contributed by atoms with Gasteiger partial charge < -0.3 is 48.9 Å². The van der Waals surface area contributed by atoms with Crippen molar-refractivity contribution in [1.82, 2.24) is 15.6 Å². The molecule has 0 aliphatic carbocycles. The summed E-state index contributed by atoms with van der Waals surface area (Å²) in [6, 6.07) is 36.0. The van der Waals surface area contributed by atoms with Crippen LogP contribution in [0.5, 0.6) is 23.3 Å². The summed E-state index contributed by atoms with van der Waals surface area (Å²) in [6.07, 6.45) is -1.76. The number of hydrogen-bond acceptors (Lipinski definition) is 11. The number of alkyl carbamates (subject to hydrolysis) is 2. The number of anilines is 2. The molecule has 2 N–H and O–H groups in total. The lowest BCUT2D eigenvalue weighted by Gasteiger charge is -2.20. The van der Waals surface area contributed by atoms with Gasteiger partial charge in [-0.2, -0.15) is 4.98 Å². The molecule has 1 aromatic heterocycles. The highest BCUT2D eigenvalue weighted by Gasteiger charge is 2.20. The molecule has 5 rings (SSSR count). The summed E-state index contributed by atoms with van der Waals surface area (Å²) in [6.45, 7) is 0.626. The van der Waals surface area contributed by atoms with Gasteiger partial charge in [-0.05, 0) is 70.8 Å². The van der Waals surface area contributed by atoms with Crippen molar-refractivity contribution in [3.63, 3.8) is 0 Å². The Morgan fingerprint density at radius 1 is 0.552 bits per heavy atom. The molecule has 58 heavy (non-hydrogen) atoms. The summed E-state index contributed by atoms with van der Waals surface area (Å²) in [7, 11) is 11.1. The molecule has 13 nitrogen and oxygen atoms in total. The van der Waals surface area contributed by atoms with E-state index in [1.807, 2.05) is 135 Å². The molecule has 13 heteroatoms. The first kappa shape index (κ1) is 42.5. The van der Waals surface area contributed by atoms with Gasteiger partial charge in [0.25, 0.3) is 0 Å². The SMILES string of the molecule is COc1cccc(CC(COc2cccc(OCC(Cc3cccc(OC)c3)OC(=O)NCc3ccc(N(C)C)cc3)n2)OC(=O)NCc2ccc(N(C)C)cc2)c1. The van der Waals surface area contributed by atoms with Gasteiger partial charge in [0.2, 0.25) is 11.8 Å². The van der Waals surface area contributed by atoms with E-state index in [1.165, 1.54) is 0 Å². The van der Waals surface area contributed by atoms with Gasteiger partial charge in [0.05, 0.1) is 14.2 Å². The summed E-state index contributed by atoms with van der Waals surface area (Å²) in [5.41, 5.74) is 5.80. The van der Waals surface area contributed by atoms with Crippen LogP contribution in [0.2, 0.25) is 0 Å². The third-order valence-corrected chi connectivity index (χ3v) is 9.05. The molecular weight excluding hydrogens is 739 g/mol. The molecule has 0 saturated heterocycles. The Morgan fingerprint density at radius 2 is 0.948 bits per heavy atom. The quantitative estimate of drug-likeness (QED) is 0.0840. The molecule has 0 aliphatic heterocycles. The molecule has 0 aliphatic rings. The Balaban J connectivity index is 1.21. The number of methoxy groups -OCH3 is 2. The van der Waals surface area contributed by atoms with Gasteiger partial charge in [0.15, 0.2) is 0 Å². The number of pyridine rings is 1. The van der Waals surface area contributed by atoms with Crippen LogP contribution in [0.25, 0.3) is 0 Å². The van der Waals surface area contributed by atoms with Crippen LogP contribution in [0.1, 0.15) is 22.3 Å². The van der Waals surface area contributed by atoms with E-state index >= 15 is 0 Å². The molecule has 2 unspecified atom stereocenters. The van der Waals surface area contributed by atoms with Gasteiger partial charge in [-0.1, -0.05) is 54.6 Å². The first-order chi connectivity index (χ1) is 28.1. The molecule has 4 aromatic carbocycles. The molecule has 5 aromatic rings. The van der Waals surface area contributed by atoms with E-state index in [9.17, 15) is 9.59 Å². The minimum absolute atomic E-state index is 0.0121. The lowest BCUT2D eigenvalue weighted by atomic mass is 10.1. The van der Waals surface area contributed by atoms with Crippen LogP contribution < -0.4 is 39.4 Å². The van der Waals surface area contributed by atoms with Crippen LogP contribution in [0, 0.1) is 0 Å². The minimum Gasteiger partial charge on any atom is -0.497 e. The number of aromatic nitrogens is 1. The van der Waals surface area contributed by atoms with E-state index in [2.05, 4.69) is 15.6 Å². The molecule has 306 valence electrons. The molecule has 0 bridgehead atoms. The van der Waals surface area contributed by atoms with Crippen molar-refractivity contribution < 1.29 is 38.0 Å².